The van der Waals surface area contributed by atoms with E-state index in [0.717, 1.165) is 12.5 Å². The minimum absolute atomic E-state index is 0.0382. The number of rotatable bonds is 7. The quantitative estimate of drug-likeness (QED) is 0.602. The molecule has 0 aliphatic heterocycles. The third-order valence-electron chi connectivity index (χ3n) is 3.25. The van der Waals surface area contributed by atoms with Crippen molar-refractivity contribution in [2.75, 3.05) is 19.8 Å². The topological polar surface area (TPSA) is 21.3 Å². The van der Waals surface area contributed by atoms with Crippen molar-refractivity contribution in [3.8, 4) is 0 Å². The molecule has 1 atom stereocenters. The summed E-state index contributed by atoms with van der Waals surface area (Å²) in [5, 5.41) is 3.79. The number of nitrogens with one attached hydrogen (secondary N) is 1. The third kappa shape index (κ3) is 4.60. The van der Waals surface area contributed by atoms with Crippen molar-refractivity contribution in [3.05, 3.63) is 33.6 Å². The molecule has 1 unspecified atom stereocenters. The fourth-order valence-corrected chi connectivity index (χ4v) is 2.41. The van der Waals surface area contributed by atoms with Crippen LogP contribution in [0, 0.1) is 11.7 Å². The Hall–Kier alpha value is -0.350. The van der Waals surface area contributed by atoms with Crippen LogP contribution >= 0.6 is 23.2 Å². The van der Waals surface area contributed by atoms with Gasteiger partial charge in [0.15, 0.2) is 0 Å². The highest BCUT2D eigenvalue weighted by molar-refractivity contribution is 6.35. The zero-order valence-corrected chi connectivity index (χ0v) is 12.4. The summed E-state index contributed by atoms with van der Waals surface area (Å²) in [4.78, 5) is 0. The van der Waals surface area contributed by atoms with Crippen molar-refractivity contribution in [1.29, 1.82) is 0 Å². The van der Waals surface area contributed by atoms with Gasteiger partial charge < -0.3 is 10.1 Å². The first-order valence-corrected chi connectivity index (χ1v) is 7.29. The molecule has 1 N–H and O–H groups in total. The zero-order chi connectivity index (χ0) is 13.8. The van der Waals surface area contributed by atoms with Gasteiger partial charge in [-0.05, 0) is 43.4 Å². The normalized spacial score (nSPS) is 16.6. The third-order valence-corrected chi connectivity index (χ3v) is 3.87. The monoisotopic (exact) mass is 305 g/mol. The van der Waals surface area contributed by atoms with Crippen molar-refractivity contribution in [2.45, 2.75) is 25.8 Å². The average molecular weight is 306 g/mol. The van der Waals surface area contributed by atoms with Crippen molar-refractivity contribution in [3.63, 3.8) is 0 Å². The molecule has 2 nitrogen and oxygen atoms in total. The Kier molecular flexibility index (Phi) is 5.46. The molecule has 1 saturated carbocycles. The first kappa shape index (κ1) is 15.0. The summed E-state index contributed by atoms with van der Waals surface area (Å²) in [7, 11) is 0. The highest BCUT2D eigenvalue weighted by Gasteiger charge is 2.21. The Bertz CT molecular complexity index is 438. The van der Waals surface area contributed by atoms with Gasteiger partial charge in [-0.15, -0.1) is 0 Å². The number of hydrogen-bond acceptors (Lipinski definition) is 2. The van der Waals surface area contributed by atoms with Crippen molar-refractivity contribution >= 4 is 23.2 Å². The SMILES string of the molecule is CC(NCCOCC1CC1)c1cc(F)c(Cl)cc1Cl. The van der Waals surface area contributed by atoms with Crippen LogP contribution in [0.1, 0.15) is 31.4 Å². The number of ether oxygens (including phenoxy) is 1. The summed E-state index contributed by atoms with van der Waals surface area (Å²) in [6.07, 6.45) is 2.59. The Labute approximate surface area is 123 Å². The van der Waals surface area contributed by atoms with Crippen LogP contribution in [0.3, 0.4) is 0 Å². The van der Waals surface area contributed by atoms with Gasteiger partial charge >= 0.3 is 0 Å². The van der Waals surface area contributed by atoms with Gasteiger partial charge in [0.25, 0.3) is 0 Å². The van der Waals surface area contributed by atoms with E-state index in [4.69, 9.17) is 27.9 Å². The Morgan fingerprint density at radius 2 is 2.11 bits per heavy atom. The van der Waals surface area contributed by atoms with Crippen LogP contribution in [-0.4, -0.2) is 19.8 Å². The largest absolute Gasteiger partial charge is 0.380 e. The van der Waals surface area contributed by atoms with Gasteiger partial charge in [0.1, 0.15) is 5.82 Å². The van der Waals surface area contributed by atoms with E-state index in [1.54, 1.807) is 0 Å². The number of hydrogen-bond donors (Lipinski definition) is 1. The molecule has 0 saturated heterocycles. The second-order valence-electron chi connectivity index (χ2n) is 4.98. The maximum Gasteiger partial charge on any atom is 0.142 e. The summed E-state index contributed by atoms with van der Waals surface area (Å²) in [6, 6.07) is 2.78. The minimum atomic E-state index is -0.445. The molecule has 0 amide bonds. The molecule has 0 spiro atoms. The molecular formula is C14H18Cl2FNO. The molecule has 5 heteroatoms. The van der Waals surface area contributed by atoms with Crippen LogP contribution in [-0.2, 0) is 4.74 Å². The Morgan fingerprint density at radius 1 is 1.37 bits per heavy atom. The van der Waals surface area contributed by atoms with Gasteiger partial charge in [0.2, 0.25) is 0 Å². The smallest absolute Gasteiger partial charge is 0.142 e. The minimum Gasteiger partial charge on any atom is -0.380 e. The van der Waals surface area contributed by atoms with Crippen molar-refractivity contribution in [2.24, 2.45) is 5.92 Å². The molecule has 2 rings (SSSR count). The molecule has 1 aliphatic carbocycles. The van der Waals surface area contributed by atoms with Crippen LogP contribution < -0.4 is 5.32 Å². The molecule has 1 aliphatic rings. The molecular weight excluding hydrogens is 288 g/mol. The van der Waals surface area contributed by atoms with E-state index in [2.05, 4.69) is 5.32 Å². The summed E-state index contributed by atoms with van der Waals surface area (Å²) < 4.78 is 18.9. The van der Waals surface area contributed by atoms with Crippen LogP contribution in [0.5, 0.6) is 0 Å². The van der Waals surface area contributed by atoms with Crippen LogP contribution in [0.4, 0.5) is 4.39 Å². The van der Waals surface area contributed by atoms with Gasteiger partial charge in [0.05, 0.1) is 11.6 Å². The van der Waals surface area contributed by atoms with E-state index in [-0.39, 0.29) is 11.1 Å². The maximum atomic E-state index is 13.4. The Balaban J connectivity index is 1.78. The van der Waals surface area contributed by atoms with Crippen LogP contribution in [0.2, 0.25) is 10.0 Å². The predicted molar refractivity (Wildman–Crippen MR) is 76.4 cm³/mol. The van der Waals surface area contributed by atoms with E-state index >= 15 is 0 Å². The van der Waals surface area contributed by atoms with Crippen molar-refractivity contribution in [1.82, 2.24) is 5.32 Å². The first-order chi connectivity index (χ1) is 9.08. The lowest BCUT2D eigenvalue weighted by atomic mass is 10.1. The first-order valence-electron chi connectivity index (χ1n) is 6.53. The Morgan fingerprint density at radius 3 is 2.79 bits per heavy atom. The second kappa shape index (κ2) is 6.89. The highest BCUT2D eigenvalue weighted by atomic mass is 35.5. The number of halogens is 3. The lowest BCUT2D eigenvalue weighted by Gasteiger charge is -2.16. The standard InChI is InChI=1S/C14H18Cl2FNO/c1-9(18-4-5-19-8-10-2-3-10)11-6-14(17)13(16)7-12(11)15/h6-7,9-10,18H,2-5,8H2,1H3. The van der Waals surface area contributed by atoms with Gasteiger partial charge in [-0.3, -0.25) is 0 Å². The van der Waals surface area contributed by atoms with E-state index in [0.29, 0.717) is 23.7 Å². The zero-order valence-electron chi connectivity index (χ0n) is 10.9. The predicted octanol–water partition coefficient (Wildman–Crippen LogP) is 4.21. The maximum absolute atomic E-state index is 13.4. The number of benzene rings is 1. The summed E-state index contributed by atoms with van der Waals surface area (Å²) in [6.45, 7) is 4.17. The average Bonchev–Trinajstić information content (AvgIpc) is 3.17. The molecule has 19 heavy (non-hydrogen) atoms. The second-order valence-corrected chi connectivity index (χ2v) is 5.80. The van der Waals surface area contributed by atoms with Gasteiger partial charge in [-0.25, -0.2) is 4.39 Å². The molecule has 0 heterocycles. The van der Waals surface area contributed by atoms with Gasteiger partial charge in [0, 0.05) is 24.2 Å². The fraction of sp³-hybridized carbons (Fsp3) is 0.571. The molecule has 1 aromatic carbocycles. The summed E-state index contributed by atoms with van der Waals surface area (Å²) in [5.41, 5.74) is 0.714. The lowest BCUT2D eigenvalue weighted by Crippen LogP contribution is -2.24. The summed E-state index contributed by atoms with van der Waals surface area (Å²) in [5.74, 6) is 0.330. The van der Waals surface area contributed by atoms with E-state index < -0.39 is 5.82 Å². The van der Waals surface area contributed by atoms with Crippen LogP contribution in [0.15, 0.2) is 12.1 Å². The van der Waals surface area contributed by atoms with Gasteiger partial charge in [-0.1, -0.05) is 23.2 Å². The molecule has 1 aromatic rings. The molecule has 0 radical (unpaired) electrons. The molecule has 0 bridgehead atoms. The van der Waals surface area contributed by atoms with Crippen molar-refractivity contribution < 1.29 is 9.13 Å². The highest BCUT2D eigenvalue weighted by Crippen LogP contribution is 2.29. The lowest BCUT2D eigenvalue weighted by molar-refractivity contribution is 0.124. The molecule has 0 aromatic heterocycles. The van der Waals surface area contributed by atoms with Gasteiger partial charge in [-0.2, -0.15) is 0 Å². The van der Waals surface area contributed by atoms with E-state index in [1.807, 2.05) is 6.92 Å². The molecule has 1 fully saturated rings. The van der Waals surface area contributed by atoms with Crippen LogP contribution in [0.25, 0.3) is 0 Å². The van der Waals surface area contributed by atoms with E-state index in [1.165, 1.54) is 25.0 Å². The molecule has 106 valence electrons. The van der Waals surface area contributed by atoms with E-state index in [9.17, 15) is 4.39 Å². The fourth-order valence-electron chi connectivity index (χ4n) is 1.86. The summed E-state index contributed by atoms with van der Waals surface area (Å²) >= 11 is 11.7.